The summed E-state index contributed by atoms with van der Waals surface area (Å²) in [5, 5.41) is 5.68. The molecule has 1 fully saturated rings. The molecule has 1 N–H and O–H groups in total. The molecule has 0 bridgehead atoms. The van der Waals surface area contributed by atoms with Crippen LogP contribution in [-0.4, -0.2) is 49.5 Å². The van der Waals surface area contributed by atoms with Gasteiger partial charge in [-0.25, -0.2) is 4.39 Å². The third kappa shape index (κ3) is 6.04. The van der Waals surface area contributed by atoms with E-state index in [2.05, 4.69) is 37.6 Å². The number of benzene rings is 1. The van der Waals surface area contributed by atoms with Crippen LogP contribution in [0.5, 0.6) is 0 Å². The van der Waals surface area contributed by atoms with Crippen molar-refractivity contribution in [3.05, 3.63) is 58.0 Å². The fourth-order valence-electron chi connectivity index (χ4n) is 3.64. The van der Waals surface area contributed by atoms with Crippen LogP contribution in [0.15, 0.2) is 46.8 Å². The predicted octanol–water partition coefficient (Wildman–Crippen LogP) is 3.81. The van der Waals surface area contributed by atoms with Crippen molar-refractivity contribution in [3.63, 3.8) is 0 Å². The number of thiophene rings is 1. The van der Waals surface area contributed by atoms with Gasteiger partial charge in [0.15, 0.2) is 5.96 Å². The van der Waals surface area contributed by atoms with E-state index in [1.807, 2.05) is 37.6 Å². The summed E-state index contributed by atoms with van der Waals surface area (Å²) in [5.74, 6) is 1.32. The van der Waals surface area contributed by atoms with Gasteiger partial charge in [0.1, 0.15) is 5.82 Å². The first-order chi connectivity index (χ1) is 13.1. The van der Waals surface area contributed by atoms with E-state index in [0.717, 1.165) is 31.2 Å². The average molecular weight is 389 g/mol. The van der Waals surface area contributed by atoms with E-state index in [4.69, 9.17) is 0 Å². The Kier molecular flexibility index (Phi) is 7.24. The molecule has 0 radical (unpaired) electrons. The molecule has 0 amide bonds. The summed E-state index contributed by atoms with van der Waals surface area (Å²) in [4.78, 5) is 10.5. The van der Waals surface area contributed by atoms with Crippen molar-refractivity contribution in [2.24, 2.45) is 10.9 Å². The predicted molar refractivity (Wildman–Crippen MR) is 112 cm³/mol. The molecule has 0 aliphatic carbocycles. The van der Waals surface area contributed by atoms with Crippen LogP contribution in [0.4, 0.5) is 4.39 Å². The van der Waals surface area contributed by atoms with Crippen molar-refractivity contribution in [2.45, 2.75) is 25.9 Å². The molecule has 2 heterocycles. The molecule has 146 valence electrons. The van der Waals surface area contributed by atoms with Gasteiger partial charge in [-0.3, -0.25) is 9.89 Å². The third-order valence-corrected chi connectivity index (χ3v) is 5.88. The van der Waals surface area contributed by atoms with Gasteiger partial charge >= 0.3 is 0 Å². The number of rotatable bonds is 6. The van der Waals surface area contributed by atoms with Crippen molar-refractivity contribution in [3.8, 4) is 0 Å². The van der Waals surface area contributed by atoms with Crippen LogP contribution in [-0.2, 0) is 13.1 Å². The molecule has 27 heavy (non-hydrogen) atoms. The quantitative estimate of drug-likeness (QED) is 0.603. The van der Waals surface area contributed by atoms with Gasteiger partial charge in [-0.1, -0.05) is 18.2 Å². The van der Waals surface area contributed by atoms with Gasteiger partial charge in [0.25, 0.3) is 0 Å². The Morgan fingerprint density at radius 1 is 1.33 bits per heavy atom. The summed E-state index contributed by atoms with van der Waals surface area (Å²) in [6, 6.07) is 11.0. The minimum atomic E-state index is -0.201. The maximum Gasteiger partial charge on any atom is 0.193 e. The first kappa shape index (κ1) is 19.8. The van der Waals surface area contributed by atoms with Crippen molar-refractivity contribution in [1.82, 2.24) is 15.1 Å². The second kappa shape index (κ2) is 9.85. The first-order valence-corrected chi connectivity index (χ1v) is 10.4. The van der Waals surface area contributed by atoms with E-state index >= 15 is 0 Å². The van der Waals surface area contributed by atoms with Gasteiger partial charge in [0, 0.05) is 45.2 Å². The molecule has 1 aromatic carbocycles. The Morgan fingerprint density at radius 2 is 2.15 bits per heavy atom. The Bertz CT molecular complexity index is 714. The molecule has 1 aromatic heterocycles. The van der Waals surface area contributed by atoms with E-state index in [9.17, 15) is 4.39 Å². The largest absolute Gasteiger partial charge is 0.356 e. The summed E-state index contributed by atoms with van der Waals surface area (Å²) in [6.07, 6.45) is 2.51. The number of hydrogen-bond acceptors (Lipinski definition) is 3. The van der Waals surface area contributed by atoms with Crippen LogP contribution in [0.1, 0.15) is 23.3 Å². The summed E-state index contributed by atoms with van der Waals surface area (Å²) < 4.78 is 13.1. The van der Waals surface area contributed by atoms with E-state index < -0.39 is 0 Å². The minimum absolute atomic E-state index is 0.201. The maximum absolute atomic E-state index is 13.1. The van der Waals surface area contributed by atoms with E-state index in [0.29, 0.717) is 12.5 Å². The summed E-state index contributed by atoms with van der Waals surface area (Å²) in [5.41, 5.74) is 1.07. The number of nitrogens with one attached hydrogen (secondary N) is 1. The van der Waals surface area contributed by atoms with Crippen LogP contribution in [0, 0.1) is 11.7 Å². The van der Waals surface area contributed by atoms with Crippen molar-refractivity contribution < 1.29 is 4.39 Å². The second-order valence-corrected chi connectivity index (χ2v) is 8.27. The maximum atomic E-state index is 13.1. The van der Waals surface area contributed by atoms with Gasteiger partial charge in [-0.05, 0) is 54.4 Å². The number of piperidine rings is 1. The molecule has 0 saturated carbocycles. The molecule has 1 unspecified atom stereocenters. The first-order valence-electron chi connectivity index (χ1n) is 9.55. The lowest BCUT2D eigenvalue weighted by molar-refractivity contribution is 0.169. The number of nitrogens with zero attached hydrogens (tertiary/aromatic N) is 3. The third-order valence-electron chi connectivity index (χ3n) is 5.02. The van der Waals surface area contributed by atoms with Crippen LogP contribution in [0.3, 0.4) is 0 Å². The van der Waals surface area contributed by atoms with Crippen LogP contribution in [0.2, 0.25) is 0 Å². The zero-order chi connectivity index (χ0) is 19.1. The highest BCUT2D eigenvalue weighted by molar-refractivity contribution is 7.09. The lowest BCUT2D eigenvalue weighted by Gasteiger charge is -2.33. The van der Waals surface area contributed by atoms with Crippen LogP contribution in [0.25, 0.3) is 0 Å². The van der Waals surface area contributed by atoms with Gasteiger partial charge < -0.3 is 10.2 Å². The molecule has 0 spiro atoms. The van der Waals surface area contributed by atoms with Crippen molar-refractivity contribution in [1.29, 1.82) is 0 Å². The molecule has 3 rings (SSSR count). The molecule has 1 aliphatic heterocycles. The Labute approximate surface area is 165 Å². The molecule has 6 heteroatoms. The molecule has 1 atom stereocenters. The molecular formula is C21H29FN4S. The molecular weight excluding hydrogens is 359 g/mol. The summed E-state index contributed by atoms with van der Waals surface area (Å²) in [7, 11) is 3.83. The van der Waals surface area contributed by atoms with Gasteiger partial charge in [0.2, 0.25) is 0 Å². The Balaban J connectivity index is 1.47. The van der Waals surface area contributed by atoms with Crippen LogP contribution < -0.4 is 5.32 Å². The normalized spacial score (nSPS) is 18.5. The lowest BCUT2D eigenvalue weighted by Crippen LogP contribution is -2.44. The van der Waals surface area contributed by atoms with Gasteiger partial charge in [-0.15, -0.1) is 11.3 Å². The van der Waals surface area contributed by atoms with Crippen molar-refractivity contribution >= 4 is 17.3 Å². The standard InChI is InChI=1S/C21H29FN4S/c1-23-21(25(2)14-17-7-9-19(22)10-8-17)24-13-18-5-3-11-26(15-18)16-20-6-4-12-27-20/h4,6-10,12,18H,3,5,11,13-16H2,1-2H3,(H,23,24). The Morgan fingerprint density at radius 3 is 2.85 bits per heavy atom. The monoisotopic (exact) mass is 388 g/mol. The minimum Gasteiger partial charge on any atom is -0.356 e. The SMILES string of the molecule is CN=C(NCC1CCCN(Cc2cccs2)C1)N(C)Cc1ccc(F)cc1. The van der Waals surface area contributed by atoms with Crippen molar-refractivity contribution in [2.75, 3.05) is 33.7 Å². The molecule has 4 nitrogen and oxygen atoms in total. The second-order valence-electron chi connectivity index (χ2n) is 7.23. The number of aliphatic imine (C=N–C) groups is 1. The fourth-order valence-corrected chi connectivity index (χ4v) is 4.39. The smallest absolute Gasteiger partial charge is 0.193 e. The topological polar surface area (TPSA) is 30.9 Å². The van der Waals surface area contributed by atoms with E-state index in [-0.39, 0.29) is 5.82 Å². The number of likely N-dealkylation sites (tertiary alicyclic amines) is 1. The highest BCUT2D eigenvalue weighted by Gasteiger charge is 2.21. The van der Waals surface area contributed by atoms with Gasteiger partial charge in [0.05, 0.1) is 0 Å². The zero-order valence-corrected chi connectivity index (χ0v) is 17.0. The fraction of sp³-hybridized carbons (Fsp3) is 0.476. The summed E-state index contributed by atoms with van der Waals surface area (Å²) in [6.45, 7) is 5.01. The summed E-state index contributed by atoms with van der Waals surface area (Å²) >= 11 is 1.84. The zero-order valence-electron chi connectivity index (χ0n) is 16.2. The number of halogens is 1. The Hall–Kier alpha value is -1.92. The molecule has 2 aromatic rings. The number of guanidine groups is 1. The molecule has 1 saturated heterocycles. The van der Waals surface area contributed by atoms with E-state index in [1.165, 1.54) is 36.4 Å². The lowest BCUT2D eigenvalue weighted by atomic mass is 9.98. The number of hydrogen-bond donors (Lipinski definition) is 1. The molecule has 1 aliphatic rings. The highest BCUT2D eigenvalue weighted by Crippen LogP contribution is 2.20. The van der Waals surface area contributed by atoms with Crippen LogP contribution >= 0.6 is 11.3 Å². The van der Waals surface area contributed by atoms with Gasteiger partial charge in [-0.2, -0.15) is 0 Å². The highest BCUT2D eigenvalue weighted by atomic mass is 32.1. The average Bonchev–Trinajstić information content (AvgIpc) is 3.17. The van der Waals surface area contributed by atoms with E-state index in [1.54, 1.807) is 0 Å².